The number of halogens is 2. The molecule has 0 atom stereocenters. The van der Waals surface area contributed by atoms with Crippen LogP contribution < -0.4 is 24.8 Å². The maximum atomic E-state index is 2.80. The first kappa shape index (κ1) is 33.6. The summed E-state index contributed by atoms with van der Waals surface area (Å²) in [5.74, 6) is 0. The molecule has 0 N–H and O–H groups in total. The number of fused-ring (bicyclic) bond motifs is 3. The van der Waals surface area contributed by atoms with E-state index in [2.05, 4.69) is 154 Å². The van der Waals surface area contributed by atoms with E-state index in [0.717, 1.165) is 12.8 Å². The second kappa shape index (κ2) is 13.4. The Bertz CT molecular complexity index is 1620. The fourth-order valence-corrected chi connectivity index (χ4v) is 14.1. The molecule has 0 saturated heterocycles. The van der Waals surface area contributed by atoms with Crippen molar-refractivity contribution in [3.63, 3.8) is 0 Å². The van der Waals surface area contributed by atoms with E-state index in [1.54, 1.807) is 14.4 Å². The molecule has 0 aliphatic heterocycles. The van der Waals surface area contributed by atoms with E-state index in [1.165, 1.54) is 39.0 Å². The summed E-state index contributed by atoms with van der Waals surface area (Å²) in [7, 11) is 0. The fraction of sp³-hybridized carbons (Fsp3) is 0.275. The molecule has 0 bridgehead atoms. The molecule has 0 aromatic heterocycles. The largest absolute Gasteiger partial charge is 1.00 e. The molecule has 43 heavy (non-hydrogen) atoms. The van der Waals surface area contributed by atoms with Crippen LogP contribution in [-0.4, -0.2) is 3.71 Å². The predicted molar refractivity (Wildman–Crippen MR) is 174 cm³/mol. The molecule has 2 aliphatic carbocycles. The van der Waals surface area contributed by atoms with Crippen LogP contribution in [0.5, 0.6) is 0 Å². The summed E-state index contributed by atoms with van der Waals surface area (Å²) in [6, 6.07) is 36.9. The maximum Gasteiger partial charge on any atom is -1.00 e. The Morgan fingerprint density at radius 2 is 1.19 bits per heavy atom. The van der Waals surface area contributed by atoms with Crippen LogP contribution in [0.2, 0.25) is 0 Å². The Morgan fingerprint density at radius 1 is 0.674 bits per heavy atom. The number of hydrogen-bond donors (Lipinski definition) is 0. The minimum atomic E-state index is -2.36. The van der Waals surface area contributed by atoms with Crippen molar-refractivity contribution >= 4 is 9.28 Å². The minimum Gasteiger partial charge on any atom is -1.00 e. The van der Waals surface area contributed by atoms with E-state index in [-0.39, 0.29) is 35.6 Å². The normalized spacial score (nSPS) is 14.3. The SMILES string of the molecule is CC(C)(C)c1ccc2c(c1)-c1cc(C(C)(C)C)ccc1[CH]2/[Zr+2](=[CH]\Cc1ccccc1)[C]1=CC(c2ccccc2)=CC1.[Cl-].[Cl-]. The first-order valence-electron chi connectivity index (χ1n) is 15.1. The summed E-state index contributed by atoms with van der Waals surface area (Å²) >= 11 is -2.36. The van der Waals surface area contributed by atoms with Crippen molar-refractivity contribution in [2.45, 2.75) is 68.8 Å². The molecule has 0 spiro atoms. The number of allylic oxidation sites excluding steroid dienone is 4. The van der Waals surface area contributed by atoms with Crippen LogP contribution >= 0.6 is 0 Å². The quantitative estimate of drug-likeness (QED) is 0.293. The zero-order valence-corrected chi connectivity index (χ0v) is 30.2. The van der Waals surface area contributed by atoms with Gasteiger partial charge in [-0.1, -0.05) is 0 Å². The molecule has 6 rings (SSSR count). The molecule has 0 heterocycles. The van der Waals surface area contributed by atoms with Gasteiger partial charge in [0.2, 0.25) is 0 Å². The van der Waals surface area contributed by atoms with Gasteiger partial charge >= 0.3 is 256 Å². The second-order valence-electron chi connectivity index (χ2n) is 13.8. The number of hydrogen-bond acceptors (Lipinski definition) is 0. The van der Waals surface area contributed by atoms with Gasteiger partial charge in [-0.3, -0.25) is 0 Å². The first-order chi connectivity index (χ1) is 19.6. The van der Waals surface area contributed by atoms with Gasteiger partial charge in [0.05, 0.1) is 0 Å². The van der Waals surface area contributed by atoms with Crippen LogP contribution in [0.1, 0.15) is 85.0 Å². The van der Waals surface area contributed by atoms with E-state index < -0.39 is 21.3 Å². The van der Waals surface area contributed by atoms with Gasteiger partial charge in [0.15, 0.2) is 0 Å². The van der Waals surface area contributed by atoms with Gasteiger partial charge in [-0.15, -0.1) is 0 Å². The molecule has 4 aromatic rings. The van der Waals surface area contributed by atoms with Crippen LogP contribution in [-0.2, 0) is 38.5 Å². The van der Waals surface area contributed by atoms with Crippen molar-refractivity contribution in [3.8, 4) is 11.1 Å². The topological polar surface area (TPSA) is 0 Å². The summed E-state index contributed by atoms with van der Waals surface area (Å²) in [6.07, 6.45) is 7.18. The van der Waals surface area contributed by atoms with Crippen LogP contribution in [0.4, 0.5) is 0 Å². The van der Waals surface area contributed by atoms with Crippen molar-refractivity contribution < 1.29 is 46.1 Å². The summed E-state index contributed by atoms with van der Waals surface area (Å²) in [5.41, 5.74) is 13.3. The zero-order valence-electron chi connectivity index (χ0n) is 26.2. The first-order valence-corrected chi connectivity index (χ1v) is 19.2. The van der Waals surface area contributed by atoms with Crippen LogP contribution in [0.3, 0.4) is 0 Å². The summed E-state index contributed by atoms with van der Waals surface area (Å²) < 4.78 is 5.01. The van der Waals surface area contributed by atoms with E-state index in [4.69, 9.17) is 0 Å². The van der Waals surface area contributed by atoms with Gasteiger partial charge in [0, 0.05) is 0 Å². The van der Waals surface area contributed by atoms with Gasteiger partial charge < -0.3 is 24.8 Å². The van der Waals surface area contributed by atoms with E-state index in [9.17, 15) is 0 Å². The van der Waals surface area contributed by atoms with Gasteiger partial charge in [-0.05, 0) is 0 Å². The van der Waals surface area contributed by atoms with Crippen molar-refractivity contribution in [1.29, 1.82) is 0 Å². The Labute approximate surface area is 279 Å². The molecule has 4 aromatic carbocycles. The maximum absolute atomic E-state index is 2.80. The van der Waals surface area contributed by atoms with E-state index in [0.29, 0.717) is 3.63 Å². The third-order valence-electron chi connectivity index (χ3n) is 8.81. The minimum absolute atomic E-state index is 0. The Morgan fingerprint density at radius 3 is 1.70 bits per heavy atom. The second-order valence-corrected chi connectivity index (χ2v) is 20.0. The molecule has 2 aliphatic rings. The molecule has 220 valence electrons. The van der Waals surface area contributed by atoms with Crippen LogP contribution in [0, 0.1) is 0 Å². The molecule has 0 nitrogen and oxygen atoms in total. The Kier molecular flexibility index (Phi) is 10.4. The number of benzene rings is 4. The molecular weight excluding hydrogens is 643 g/mol. The van der Waals surface area contributed by atoms with Crippen LogP contribution in [0.25, 0.3) is 16.7 Å². The molecule has 0 unspecified atom stereocenters. The average Bonchev–Trinajstić information content (AvgIpc) is 3.57. The Balaban J connectivity index is 0.00000212. The molecule has 0 saturated carbocycles. The fourth-order valence-electron chi connectivity index (χ4n) is 6.35. The number of rotatable bonds is 5. The molecular formula is C40H42Cl2Zr. The van der Waals surface area contributed by atoms with Gasteiger partial charge in [-0.25, -0.2) is 0 Å². The van der Waals surface area contributed by atoms with Gasteiger partial charge in [0.25, 0.3) is 0 Å². The third kappa shape index (κ3) is 7.01. The van der Waals surface area contributed by atoms with Gasteiger partial charge in [-0.2, -0.15) is 0 Å². The summed E-state index contributed by atoms with van der Waals surface area (Å²) in [4.78, 5) is 0. The Hall–Kier alpha value is -2.31. The predicted octanol–water partition coefficient (Wildman–Crippen LogP) is 4.39. The van der Waals surface area contributed by atoms with E-state index >= 15 is 0 Å². The van der Waals surface area contributed by atoms with Crippen LogP contribution in [0.15, 0.2) is 112 Å². The van der Waals surface area contributed by atoms with E-state index in [1.807, 2.05) is 0 Å². The molecule has 0 fully saturated rings. The van der Waals surface area contributed by atoms with Gasteiger partial charge in [0.1, 0.15) is 0 Å². The third-order valence-corrected chi connectivity index (χ3v) is 16.1. The summed E-state index contributed by atoms with van der Waals surface area (Å²) in [5, 5.41) is 0. The standard InChI is InChI=1S/C21H25.C11H9.C8H8.2ClH.Zr/c1-20(2,3)16-9-7-14-11-15-8-10-17(21(4,5)6)13-19(15)18(14)12-16;1-2-6-10(7-3-1)11-8-4-5-9-11;1-2-8-6-4-3-5-7-8;;;/h7-13H,1-6H3;1-3,6-9H,4H2;1,3-7H,2H2;2*1H;/q;;;;;+2/p-2. The van der Waals surface area contributed by atoms with Crippen molar-refractivity contribution in [2.24, 2.45) is 0 Å². The molecule has 0 amide bonds. The zero-order chi connectivity index (χ0) is 28.8. The van der Waals surface area contributed by atoms with Crippen molar-refractivity contribution in [2.75, 3.05) is 0 Å². The van der Waals surface area contributed by atoms with Crippen molar-refractivity contribution in [3.05, 3.63) is 146 Å². The monoisotopic (exact) mass is 682 g/mol. The average molecular weight is 685 g/mol. The summed E-state index contributed by atoms with van der Waals surface area (Å²) in [6.45, 7) is 14.0. The molecule has 0 radical (unpaired) electrons. The van der Waals surface area contributed by atoms with Crippen molar-refractivity contribution in [1.82, 2.24) is 0 Å². The molecule has 3 heteroatoms. The smallest absolute Gasteiger partial charge is 1.00 e.